The first-order valence-electron chi connectivity index (χ1n) is 5.28. The second kappa shape index (κ2) is 4.86. The highest BCUT2D eigenvalue weighted by molar-refractivity contribution is 7.90. The van der Waals surface area contributed by atoms with E-state index < -0.39 is 9.84 Å². The molecular weight excluding hydrogens is 258 g/mol. The maximum atomic E-state index is 11.3. The van der Waals surface area contributed by atoms with E-state index in [1.807, 2.05) is 25.8 Å². The molecule has 5 heteroatoms. The Balaban J connectivity index is 3.04. The van der Waals surface area contributed by atoms with Gasteiger partial charge in [-0.25, -0.2) is 8.42 Å². The second-order valence-corrected chi connectivity index (χ2v) is 7.05. The number of benzene rings is 1. The van der Waals surface area contributed by atoms with Crippen molar-refractivity contribution in [2.45, 2.75) is 24.3 Å². The van der Waals surface area contributed by atoms with Crippen LogP contribution in [0.3, 0.4) is 0 Å². The molecule has 0 unspecified atom stereocenters. The van der Waals surface area contributed by atoms with Crippen LogP contribution in [0, 0.1) is 0 Å². The van der Waals surface area contributed by atoms with Crippen molar-refractivity contribution in [3.8, 4) is 0 Å². The monoisotopic (exact) mass is 275 g/mol. The van der Waals surface area contributed by atoms with E-state index in [1.165, 1.54) is 6.26 Å². The Hall–Kier alpha value is -0.740. The minimum Gasteiger partial charge on any atom is -0.368 e. The summed E-state index contributed by atoms with van der Waals surface area (Å²) in [4.78, 5) is 2.37. The largest absolute Gasteiger partial charge is 0.368 e. The van der Waals surface area contributed by atoms with Gasteiger partial charge in [-0.15, -0.1) is 11.6 Å². The Kier molecular flexibility index (Phi) is 4.10. The minimum atomic E-state index is -3.13. The van der Waals surface area contributed by atoms with Crippen LogP contribution in [0.15, 0.2) is 29.2 Å². The quantitative estimate of drug-likeness (QED) is 0.793. The molecule has 0 saturated heterocycles. The van der Waals surface area contributed by atoms with Gasteiger partial charge < -0.3 is 4.90 Å². The molecule has 17 heavy (non-hydrogen) atoms. The molecule has 0 amide bonds. The summed E-state index contributed by atoms with van der Waals surface area (Å²) in [5.41, 5.74) is 0.775. The Bertz CT molecular complexity index is 480. The van der Waals surface area contributed by atoms with Gasteiger partial charge in [-0.1, -0.05) is 0 Å². The van der Waals surface area contributed by atoms with Gasteiger partial charge in [-0.3, -0.25) is 0 Å². The van der Waals surface area contributed by atoms with Crippen LogP contribution in [-0.2, 0) is 9.84 Å². The molecule has 1 aromatic rings. The van der Waals surface area contributed by atoms with Gasteiger partial charge in [0.2, 0.25) is 0 Å². The molecule has 3 nitrogen and oxygen atoms in total. The molecule has 1 aromatic carbocycles. The Morgan fingerprint density at radius 2 is 1.71 bits per heavy atom. The molecule has 0 N–H and O–H groups in total. The van der Waals surface area contributed by atoms with Gasteiger partial charge in [0.1, 0.15) is 0 Å². The number of anilines is 1. The zero-order valence-corrected chi connectivity index (χ0v) is 12.1. The average Bonchev–Trinajstić information content (AvgIpc) is 2.27. The predicted molar refractivity (Wildman–Crippen MR) is 72.8 cm³/mol. The second-order valence-electron chi connectivity index (χ2n) is 4.77. The molecule has 0 heterocycles. The molecule has 0 bridgehead atoms. The highest BCUT2D eigenvalue weighted by Gasteiger charge is 2.22. The smallest absolute Gasteiger partial charge is 0.175 e. The summed E-state index contributed by atoms with van der Waals surface area (Å²) in [6.07, 6.45) is 1.20. The van der Waals surface area contributed by atoms with Crippen LogP contribution in [0.2, 0.25) is 0 Å². The lowest BCUT2D eigenvalue weighted by molar-refractivity contribution is 0.545. The highest BCUT2D eigenvalue weighted by Crippen LogP contribution is 2.24. The van der Waals surface area contributed by atoms with Gasteiger partial charge in [0, 0.05) is 30.4 Å². The van der Waals surface area contributed by atoms with Crippen LogP contribution >= 0.6 is 11.6 Å². The first-order valence-corrected chi connectivity index (χ1v) is 7.71. The molecule has 0 aromatic heterocycles. The third-order valence-electron chi connectivity index (χ3n) is 2.89. The molecule has 0 aliphatic rings. The normalized spacial score (nSPS) is 12.5. The molecule has 1 rings (SSSR count). The van der Waals surface area contributed by atoms with Crippen molar-refractivity contribution in [3.63, 3.8) is 0 Å². The van der Waals surface area contributed by atoms with E-state index in [0.29, 0.717) is 10.8 Å². The van der Waals surface area contributed by atoms with Gasteiger partial charge in [0.25, 0.3) is 0 Å². The fourth-order valence-corrected chi connectivity index (χ4v) is 2.17. The van der Waals surface area contributed by atoms with Gasteiger partial charge in [0.15, 0.2) is 9.84 Å². The number of halogens is 1. The molecular formula is C12H18ClNO2S. The standard InChI is InChI=1S/C12H18ClNO2S/c1-12(2,9-13)14(3)10-5-7-11(8-6-10)17(4,15)16/h5-8H,9H2,1-4H3. The molecule has 0 spiro atoms. The van der Waals surface area contributed by atoms with Crippen LogP contribution in [0.1, 0.15) is 13.8 Å². The summed E-state index contributed by atoms with van der Waals surface area (Å²) in [5, 5.41) is 0. The van der Waals surface area contributed by atoms with Crippen molar-refractivity contribution >= 4 is 27.1 Å². The Labute approximate surface area is 108 Å². The lowest BCUT2D eigenvalue weighted by atomic mass is 10.1. The van der Waals surface area contributed by atoms with Crippen LogP contribution in [0.4, 0.5) is 5.69 Å². The number of rotatable bonds is 4. The number of nitrogens with zero attached hydrogens (tertiary/aromatic N) is 1. The number of hydrogen-bond donors (Lipinski definition) is 0. The summed E-state index contributed by atoms with van der Waals surface area (Å²) in [5.74, 6) is 0.497. The number of alkyl halides is 1. The van der Waals surface area contributed by atoms with Gasteiger partial charge in [-0.2, -0.15) is 0 Å². The molecule has 0 aliphatic carbocycles. The van der Waals surface area contributed by atoms with Gasteiger partial charge in [0.05, 0.1) is 4.90 Å². The van der Waals surface area contributed by atoms with Crippen molar-refractivity contribution < 1.29 is 8.42 Å². The molecule has 0 radical (unpaired) electrons. The Morgan fingerprint density at radius 3 is 2.06 bits per heavy atom. The topological polar surface area (TPSA) is 37.4 Å². The first-order chi connectivity index (χ1) is 7.68. The van der Waals surface area contributed by atoms with Gasteiger partial charge >= 0.3 is 0 Å². The molecule has 0 fully saturated rings. The fourth-order valence-electron chi connectivity index (χ4n) is 1.36. The van der Waals surface area contributed by atoms with Crippen LogP contribution < -0.4 is 4.90 Å². The third-order valence-corrected chi connectivity index (χ3v) is 4.67. The van der Waals surface area contributed by atoms with Crippen molar-refractivity contribution in [2.75, 3.05) is 24.1 Å². The lowest BCUT2D eigenvalue weighted by Gasteiger charge is -2.35. The summed E-state index contributed by atoms with van der Waals surface area (Å²) in [7, 11) is -1.19. The summed E-state index contributed by atoms with van der Waals surface area (Å²) < 4.78 is 22.7. The first kappa shape index (κ1) is 14.3. The van der Waals surface area contributed by atoms with E-state index in [1.54, 1.807) is 24.3 Å². The molecule has 0 aliphatic heterocycles. The summed E-state index contributed by atoms with van der Waals surface area (Å²) in [6.45, 7) is 4.06. The predicted octanol–water partition coefficient (Wildman–Crippen LogP) is 2.54. The van der Waals surface area contributed by atoms with E-state index in [9.17, 15) is 8.42 Å². The van der Waals surface area contributed by atoms with Crippen LogP contribution in [-0.4, -0.2) is 33.1 Å². The van der Waals surface area contributed by atoms with Crippen LogP contribution in [0.25, 0.3) is 0 Å². The number of hydrogen-bond acceptors (Lipinski definition) is 3. The Morgan fingerprint density at radius 1 is 1.24 bits per heavy atom. The van der Waals surface area contributed by atoms with E-state index >= 15 is 0 Å². The molecule has 0 atom stereocenters. The lowest BCUT2D eigenvalue weighted by Crippen LogP contribution is -2.42. The summed E-state index contributed by atoms with van der Waals surface area (Å²) in [6, 6.07) is 6.83. The maximum absolute atomic E-state index is 11.3. The van der Waals surface area contributed by atoms with E-state index in [4.69, 9.17) is 11.6 Å². The van der Waals surface area contributed by atoms with Crippen molar-refractivity contribution in [1.29, 1.82) is 0 Å². The van der Waals surface area contributed by atoms with E-state index in [-0.39, 0.29) is 5.54 Å². The van der Waals surface area contributed by atoms with E-state index in [2.05, 4.69) is 0 Å². The van der Waals surface area contributed by atoms with Crippen molar-refractivity contribution in [1.82, 2.24) is 0 Å². The van der Waals surface area contributed by atoms with E-state index in [0.717, 1.165) is 5.69 Å². The van der Waals surface area contributed by atoms with Gasteiger partial charge in [-0.05, 0) is 38.1 Å². The zero-order chi connectivity index (χ0) is 13.3. The third kappa shape index (κ3) is 3.36. The molecule has 96 valence electrons. The summed E-state index contributed by atoms with van der Waals surface area (Å²) >= 11 is 5.90. The molecule has 0 saturated carbocycles. The highest BCUT2D eigenvalue weighted by atomic mass is 35.5. The van der Waals surface area contributed by atoms with Crippen LogP contribution in [0.5, 0.6) is 0 Å². The zero-order valence-electron chi connectivity index (χ0n) is 10.6. The van der Waals surface area contributed by atoms with Crippen molar-refractivity contribution in [3.05, 3.63) is 24.3 Å². The van der Waals surface area contributed by atoms with Crippen molar-refractivity contribution in [2.24, 2.45) is 0 Å². The number of sulfone groups is 1. The average molecular weight is 276 g/mol. The maximum Gasteiger partial charge on any atom is 0.175 e. The SMILES string of the molecule is CN(c1ccc(S(C)(=O)=O)cc1)C(C)(C)CCl. The fraction of sp³-hybridized carbons (Fsp3) is 0.500. The minimum absolute atomic E-state index is 0.172.